The quantitative estimate of drug-likeness (QED) is 0.793. The second-order valence-corrected chi connectivity index (χ2v) is 6.65. The highest BCUT2D eigenvalue weighted by atomic mass is 16.5. The zero-order valence-corrected chi connectivity index (χ0v) is 12.7. The van der Waals surface area contributed by atoms with E-state index < -0.39 is 0 Å². The number of carbonyl (C=O) groups excluding carboxylic acids is 1. The van der Waals surface area contributed by atoms with E-state index in [1.54, 1.807) is 7.11 Å². The number of likely N-dealkylation sites (N-methyl/N-ethyl adjacent to an activating group) is 1. The van der Waals surface area contributed by atoms with Gasteiger partial charge in [-0.3, -0.25) is 4.79 Å². The van der Waals surface area contributed by atoms with Gasteiger partial charge >= 0.3 is 0 Å². The standard InChI is InChI=1S/C18H21NO2/c1-19-8-7-18-6-5-13(20)10-16(18)15-11-14(21-2)4-3-12(15)9-17(18)19/h3-4,10-11,17H,5-9H2,1-2H3. The number of hydrogen-bond acceptors (Lipinski definition) is 3. The van der Waals surface area contributed by atoms with Gasteiger partial charge in [-0.05, 0) is 67.8 Å². The normalized spacial score (nSPS) is 31.2. The molecule has 1 aliphatic heterocycles. The van der Waals surface area contributed by atoms with Crippen LogP contribution < -0.4 is 4.74 Å². The van der Waals surface area contributed by atoms with Crippen LogP contribution in [0.2, 0.25) is 0 Å². The Kier molecular flexibility index (Phi) is 2.77. The van der Waals surface area contributed by atoms with Gasteiger partial charge < -0.3 is 9.64 Å². The molecule has 1 aromatic rings. The fourth-order valence-electron chi connectivity index (χ4n) is 4.60. The van der Waals surface area contributed by atoms with Gasteiger partial charge in [0, 0.05) is 17.9 Å². The molecule has 0 aromatic heterocycles. The van der Waals surface area contributed by atoms with Crippen LogP contribution in [0.25, 0.3) is 5.57 Å². The maximum absolute atomic E-state index is 12.0. The van der Waals surface area contributed by atoms with Crippen molar-refractivity contribution in [1.82, 2.24) is 4.90 Å². The fourth-order valence-corrected chi connectivity index (χ4v) is 4.60. The number of allylic oxidation sites excluding steroid dienone is 1. The first-order valence-corrected chi connectivity index (χ1v) is 7.76. The molecule has 1 aromatic carbocycles. The van der Waals surface area contributed by atoms with Gasteiger partial charge in [-0.15, -0.1) is 0 Å². The van der Waals surface area contributed by atoms with E-state index in [-0.39, 0.29) is 11.2 Å². The van der Waals surface area contributed by atoms with Crippen molar-refractivity contribution in [3.8, 4) is 5.75 Å². The molecule has 1 saturated heterocycles. The van der Waals surface area contributed by atoms with Crippen molar-refractivity contribution < 1.29 is 9.53 Å². The highest BCUT2D eigenvalue weighted by molar-refractivity contribution is 6.01. The highest BCUT2D eigenvalue weighted by Crippen LogP contribution is 2.56. The van der Waals surface area contributed by atoms with E-state index >= 15 is 0 Å². The topological polar surface area (TPSA) is 29.5 Å². The zero-order chi connectivity index (χ0) is 14.6. The molecule has 3 aliphatic rings. The van der Waals surface area contributed by atoms with E-state index in [0.717, 1.165) is 25.1 Å². The molecule has 1 heterocycles. The summed E-state index contributed by atoms with van der Waals surface area (Å²) in [7, 11) is 3.93. The highest BCUT2D eigenvalue weighted by Gasteiger charge is 2.52. The summed E-state index contributed by atoms with van der Waals surface area (Å²) in [4.78, 5) is 14.5. The number of carbonyl (C=O) groups is 1. The number of nitrogens with zero attached hydrogens (tertiary/aromatic N) is 1. The largest absolute Gasteiger partial charge is 0.497 e. The van der Waals surface area contributed by atoms with Crippen LogP contribution >= 0.6 is 0 Å². The molecule has 0 N–H and O–H groups in total. The number of benzene rings is 1. The Morgan fingerprint density at radius 2 is 2.19 bits per heavy atom. The van der Waals surface area contributed by atoms with E-state index in [1.807, 2.05) is 12.1 Å². The van der Waals surface area contributed by atoms with Gasteiger partial charge in [0.1, 0.15) is 5.75 Å². The first kappa shape index (κ1) is 13.1. The monoisotopic (exact) mass is 283 g/mol. The average Bonchev–Trinajstić information content (AvgIpc) is 2.82. The molecule has 2 atom stereocenters. The van der Waals surface area contributed by atoms with E-state index in [9.17, 15) is 4.79 Å². The molecule has 2 aliphatic carbocycles. The van der Waals surface area contributed by atoms with Crippen LogP contribution in [-0.2, 0) is 11.2 Å². The van der Waals surface area contributed by atoms with Crippen molar-refractivity contribution in [1.29, 1.82) is 0 Å². The van der Waals surface area contributed by atoms with Crippen LogP contribution in [0, 0.1) is 5.41 Å². The minimum Gasteiger partial charge on any atom is -0.497 e. The van der Waals surface area contributed by atoms with Crippen molar-refractivity contribution in [3.63, 3.8) is 0 Å². The van der Waals surface area contributed by atoms with Gasteiger partial charge in [0.2, 0.25) is 0 Å². The summed E-state index contributed by atoms with van der Waals surface area (Å²) >= 11 is 0. The second-order valence-electron chi connectivity index (χ2n) is 6.65. The Hall–Kier alpha value is -1.61. The number of hydrogen-bond donors (Lipinski definition) is 0. The summed E-state index contributed by atoms with van der Waals surface area (Å²) in [6, 6.07) is 6.87. The number of rotatable bonds is 1. The van der Waals surface area contributed by atoms with Crippen LogP contribution in [0.4, 0.5) is 0 Å². The third-order valence-corrected chi connectivity index (χ3v) is 5.76. The van der Waals surface area contributed by atoms with Crippen molar-refractivity contribution in [3.05, 3.63) is 35.4 Å². The molecule has 0 bridgehead atoms. The van der Waals surface area contributed by atoms with Crippen molar-refractivity contribution >= 4 is 11.4 Å². The van der Waals surface area contributed by atoms with E-state index in [0.29, 0.717) is 12.5 Å². The third kappa shape index (κ3) is 1.73. The molecule has 0 saturated carbocycles. The lowest BCUT2D eigenvalue weighted by atomic mass is 9.60. The molecule has 3 heteroatoms. The van der Waals surface area contributed by atoms with Gasteiger partial charge in [0.15, 0.2) is 5.78 Å². The molecule has 110 valence electrons. The third-order valence-electron chi connectivity index (χ3n) is 5.76. The minimum atomic E-state index is 0.183. The molecule has 2 unspecified atom stereocenters. The minimum absolute atomic E-state index is 0.183. The summed E-state index contributed by atoms with van der Waals surface area (Å²) in [5, 5.41) is 0. The van der Waals surface area contributed by atoms with Crippen LogP contribution in [0.5, 0.6) is 5.75 Å². The maximum atomic E-state index is 12.0. The Labute approximate surface area is 125 Å². The van der Waals surface area contributed by atoms with E-state index in [4.69, 9.17) is 4.74 Å². The molecule has 21 heavy (non-hydrogen) atoms. The number of fused-ring (bicyclic) bond motifs is 2. The predicted molar refractivity (Wildman–Crippen MR) is 82.4 cm³/mol. The van der Waals surface area contributed by atoms with Crippen LogP contribution in [0.1, 0.15) is 30.4 Å². The van der Waals surface area contributed by atoms with E-state index in [1.165, 1.54) is 23.1 Å². The molecule has 0 radical (unpaired) electrons. The van der Waals surface area contributed by atoms with Gasteiger partial charge in [-0.2, -0.15) is 0 Å². The van der Waals surface area contributed by atoms with Gasteiger partial charge in [0.05, 0.1) is 7.11 Å². The van der Waals surface area contributed by atoms with Crippen LogP contribution in [0.15, 0.2) is 24.3 Å². The van der Waals surface area contributed by atoms with Gasteiger partial charge in [-0.25, -0.2) is 0 Å². The Morgan fingerprint density at radius 1 is 1.33 bits per heavy atom. The van der Waals surface area contributed by atoms with E-state index in [2.05, 4.69) is 24.1 Å². The number of ether oxygens (including phenoxy) is 1. The summed E-state index contributed by atoms with van der Waals surface area (Å²) in [6.07, 6.45) is 5.88. The summed E-state index contributed by atoms with van der Waals surface area (Å²) in [5.41, 5.74) is 4.05. The van der Waals surface area contributed by atoms with Crippen molar-refractivity contribution in [2.75, 3.05) is 20.7 Å². The van der Waals surface area contributed by atoms with Crippen molar-refractivity contribution in [2.45, 2.75) is 31.7 Å². The molecule has 1 spiro atoms. The number of methoxy groups -OCH3 is 1. The lowest BCUT2D eigenvalue weighted by molar-refractivity contribution is -0.115. The lowest BCUT2D eigenvalue weighted by Gasteiger charge is -2.46. The smallest absolute Gasteiger partial charge is 0.156 e. The molecular formula is C18H21NO2. The summed E-state index contributed by atoms with van der Waals surface area (Å²) in [5.74, 6) is 1.16. The van der Waals surface area contributed by atoms with Gasteiger partial charge in [-0.1, -0.05) is 6.07 Å². The first-order chi connectivity index (χ1) is 10.1. The average molecular weight is 283 g/mol. The Balaban J connectivity index is 1.93. The Morgan fingerprint density at radius 3 is 3.00 bits per heavy atom. The zero-order valence-electron chi connectivity index (χ0n) is 12.7. The summed E-state index contributed by atoms with van der Waals surface area (Å²) < 4.78 is 5.39. The van der Waals surface area contributed by atoms with Gasteiger partial charge in [0.25, 0.3) is 0 Å². The molecule has 4 rings (SSSR count). The second kappa shape index (κ2) is 4.44. The maximum Gasteiger partial charge on any atom is 0.156 e. The Bertz CT molecular complexity index is 649. The lowest BCUT2D eigenvalue weighted by Crippen LogP contribution is -2.45. The van der Waals surface area contributed by atoms with Crippen molar-refractivity contribution in [2.24, 2.45) is 5.41 Å². The van der Waals surface area contributed by atoms with Crippen LogP contribution in [-0.4, -0.2) is 37.4 Å². The number of likely N-dealkylation sites (tertiary alicyclic amines) is 1. The fraction of sp³-hybridized carbons (Fsp3) is 0.500. The summed E-state index contributed by atoms with van der Waals surface area (Å²) in [6.45, 7) is 1.13. The first-order valence-electron chi connectivity index (χ1n) is 7.76. The molecule has 3 nitrogen and oxygen atoms in total. The molecule has 0 amide bonds. The SMILES string of the molecule is COc1ccc2c(c1)C1=CC(=O)CCC13CCN(C)C3C2. The molecular weight excluding hydrogens is 262 g/mol. The number of ketones is 1. The molecule has 1 fully saturated rings. The predicted octanol–water partition coefficient (Wildman–Crippen LogP) is 2.69. The van der Waals surface area contributed by atoms with Crippen LogP contribution in [0.3, 0.4) is 0 Å².